The number of carbonyl (C=O) groups excluding carboxylic acids is 2. The van der Waals surface area contributed by atoms with E-state index in [9.17, 15) is 9.59 Å². The van der Waals surface area contributed by atoms with Crippen LogP contribution in [0, 0.1) is 0 Å². The van der Waals surface area contributed by atoms with Crippen LogP contribution in [-0.4, -0.2) is 30.3 Å². The number of rotatable bonds is 5. The number of amides is 2. The molecule has 4 N–H and O–H groups in total. The zero-order chi connectivity index (χ0) is 12.8. The summed E-state index contributed by atoms with van der Waals surface area (Å²) in [4.78, 5) is 23.6. The van der Waals surface area contributed by atoms with Gasteiger partial charge in [-0.3, -0.25) is 9.59 Å². The van der Waals surface area contributed by atoms with E-state index < -0.39 is 5.91 Å². The molecule has 0 unspecified atom stereocenters. The Kier molecular flexibility index (Phi) is 4.51. The van der Waals surface area contributed by atoms with Gasteiger partial charge in [-0.15, -0.1) is 0 Å². The Morgan fingerprint density at radius 3 is 2.53 bits per heavy atom. The van der Waals surface area contributed by atoms with Crippen LogP contribution in [0.3, 0.4) is 0 Å². The maximum atomic E-state index is 11.6. The summed E-state index contributed by atoms with van der Waals surface area (Å²) in [5, 5.41) is 0. The van der Waals surface area contributed by atoms with Crippen LogP contribution in [0.25, 0.3) is 0 Å². The lowest BCUT2D eigenvalue weighted by Gasteiger charge is -2.15. The quantitative estimate of drug-likeness (QED) is 0.712. The summed E-state index contributed by atoms with van der Waals surface area (Å²) in [6, 6.07) is 7.41. The van der Waals surface area contributed by atoms with Crippen LogP contribution < -0.4 is 11.5 Å². The number of aryl methyl sites for hydroxylation is 1. The Labute approximate surface area is 100 Å². The van der Waals surface area contributed by atoms with Crippen molar-refractivity contribution in [3.63, 3.8) is 0 Å². The van der Waals surface area contributed by atoms with E-state index in [1.165, 1.54) is 4.90 Å². The maximum Gasteiger partial charge on any atom is 0.237 e. The van der Waals surface area contributed by atoms with Crippen molar-refractivity contribution in [2.45, 2.75) is 12.8 Å². The summed E-state index contributed by atoms with van der Waals surface area (Å²) < 4.78 is 0. The molecule has 0 spiro atoms. The minimum Gasteiger partial charge on any atom is -0.399 e. The molecule has 0 aliphatic carbocycles. The second-order valence-electron chi connectivity index (χ2n) is 3.91. The van der Waals surface area contributed by atoms with E-state index in [0.717, 1.165) is 5.56 Å². The second-order valence-corrected chi connectivity index (χ2v) is 3.91. The first-order valence-electron chi connectivity index (χ1n) is 5.36. The molecule has 0 atom stereocenters. The van der Waals surface area contributed by atoms with Gasteiger partial charge in [0.25, 0.3) is 0 Å². The van der Waals surface area contributed by atoms with Crippen LogP contribution in [0.5, 0.6) is 0 Å². The van der Waals surface area contributed by atoms with E-state index >= 15 is 0 Å². The topological polar surface area (TPSA) is 89.4 Å². The second kappa shape index (κ2) is 5.89. The third-order valence-corrected chi connectivity index (χ3v) is 2.48. The van der Waals surface area contributed by atoms with Crippen molar-refractivity contribution in [1.82, 2.24) is 4.90 Å². The highest BCUT2D eigenvalue weighted by atomic mass is 16.2. The van der Waals surface area contributed by atoms with Crippen LogP contribution in [-0.2, 0) is 16.0 Å². The predicted octanol–water partition coefficient (Wildman–Crippen LogP) is 0.145. The van der Waals surface area contributed by atoms with Gasteiger partial charge < -0.3 is 16.4 Å². The van der Waals surface area contributed by atoms with Gasteiger partial charge in [0.05, 0.1) is 6.54 Å². The molecule has 0 fully saturated rings. The van der Waals surface area contributed by atoms with Crippen molar-refractivity contribution in [2.24, 2.45) is 5.73 Å². The first-order valence-corrected chi connectivity index (χ1v) is 5.36. The predicted molar refractivity (Wildman–Crippen MR) is 66.0 cm³/mol. The molecule has 0 saturated heterocycles. The number of hydrogen-bond donors (Lipinski definition) is 2. The van der Waals surface area contributed by atoms with E-state index in [0.29, 0.717) is 18.5 Å². The number of primary amides is 1. The van der Waals surface area contributed by atoms with Crippen LogP contribution in [0.1, 0.15) is 12.0 Å². The fraction of sp³-hybridized carbons (Fsp3) is 0.333. The van der Waals surface area contributed by atoms with Crippen molar-refractivity contribution >= 4 is 17.5 Å². The molecule has 2 amide bonds. The van der Waals surface area contributed by atoms with Gasteiger partial charge >= 0.3 is 0 Å². The molecular formula is C12H17N3O2. The number of nitrogens with zero attached hydrogens (tertiary/aromatic N) is 1. The van der Waals surface area contributed by atoms with Crippen LogP contribution >= 0.6 is 0 Å². The molecule has 0 saturated carbocycles. The zero-order valence-corrected chi connectivity index (χ0v) is 9.85. The summed E-state index contributed by atoms with van der Waals surface area (Å²) in [6.45, 7) is -0.0525. The van der Waals surface area contributed by atoms with Crippen molar-refractivity contribution in [1.29, 1.82) is 0 Å². The molecule has 0 heterocycles. The van der Waals surface area contributed by atoms with Crippen LogP contribution in [0.4, 0.5) is 5.69 Å². The lowest BCUT2D eigenvalue weighted by Crippen LogP contribution is -2.35. The molecule has 17 heavy (non-hydrogen) atoms. The van der Waals surface area contributed by atoms with Crippen LogP contribution in [0.2, 0.25) is 0 Å². The number of carbonyl (C=O) groups is 2. The number of anilines is 1. The van der Waals surface area contributed by atoms with Crippen molar-refractivity contribution in [3.05, 3.63) is 29.8 Å². The van der Waals surface area contributed by atoms with Gasteiger partial charge in [0, 0.05) is 19.2 Å². The largest absolute Gasteiger partial charge is 0.399 e. The molecule has 5 nitrogen and oxygen atoms in total. The molecule has 1 aromatic rings. The lowest BCUT2D eigenvalue weighted by molar-refractivity contribution is -0.133. The highest BCUT2D eigenvalue weighted by Crippen LogP contribution is 2.12. The molecule has 92 valence electrons. The molecule has 0 aliphatic heterocycles. The van der Waals surface area contributed by atoms with E-state index in [2.05, 4.69) is 0 Å². The average Bonchev–Trinajstić information content (AvgIpc) is 2.26. The van der Waals surface area contributed by atoms with E-state index in [1.54, 1.807) is 13.1 Å². The summed E-state index contributed by atoms with van der Waals surface area (Å²) in [6.07, 6.45) is 0.882. The Balaban J connectivity index is 2.48. The number of nitrogen functional groups attached to an aromatic ring is 1. The highest BCUT2D eigenvalue weighted by molar-refractivity contribution is 5.83. The number of para-hydroxylation sites is 1. The molecular weight excluding hydrogens is 218 g/mol. The molecule has 1 aromatic carbocycles. The average molecular weight is 235 g/mol. The van der Waals surface area contributed by atoms with E-state index in [1.807, 2.05) is 18.2 Å². The fourth-order valence-corrected chi connectivity index (χ4v) is 1.52. The first kappa shape index (κ1) is 13.0. The zero-order valence-electron chi connectivity index (χ0n) is 9.85. The standard InChI is InChI=1S/C12H17N3O2/c1-15(8-11(14)16)12(17)7-6-9-4-2-3-5-10(9)13/h2-5H,6-8,13H2,1H3,(H2,14,16). The van der Waals surface area contributed by atoms with Crippen molar-refractivity contribution < 1.29 is 9.59 Å². The monoisotopic (exact) mass is 235 g/mol. The lowest BCUT2D eigenvalue weighted by atomic mass is 10.1. The smallest absolute Gasteiger partial charge is 0.237 e. The number of hydrogen-bond acceptors (Lipinski definition) is 3. The number of likely N-dealkylation sites (N-methyl/N-ethyl adjacent to an activating group) is 1. The Hall–Kier alpha value is -2.04. The van der Waals surface area contributed by atoms with Gasteiger partial charge in [-0.2, -0.15) is 0 Å². The third kappa shape index (κ3) is 4.14. The van der Waals surface area contributed by atoms with E-state index in [-0.39, 0.29) is 12.5 Å². The van der Waals surface area contributed by atoms with Gasteiger partial charge in [0.2, 0.25) is 11.8 Å². The van der Waals surface area contributed by atoms with Crippen molar-refractivity contribution in [2.75, 3.05) is 19.3 Å². The molecule has 0 aliphatic rings. The van der Waals surface area contributed by atoms with Crippen molar-refractivity contribution in [3.8, 4) is 0 Å². The molecule has 0 aromatic heterocycles. The minimum absolute atomic E-state index is 0.0525. The summed E-state index contributed by atoms with van der Waals surface area (Å²) in [7, 11) is 1.56. The molecule has 0 radical (unpaired) electrons. The van der Waals surface area contributed by atoms with Gasteiger partial charge in [-0.25, -0.2) is 0 Å². The SMILES string of the molecule is CN(CC(N)=O)C(=O)CCc1ccccc1N. The van der Waals surface area contributed by atoms with Gasteiger partial charge in [-0.1, -0.05) is 18.2 Å². The Morgan fingerprint density at radius 2 is 1.94 bits per heavy atom. The van der Waals surface area contributed by atoms with Crippen LogP contribution in [0.15, 0.2) is 24.3 Å². The first-order chi connectivity index (χ1) is 8.00. The normalized spacial score (nSPS) is 9.94. The summed E-state index contributed by atoms with van der Waals surface area (Å²) in [5.41, 5.74) is 12.4. The fourth-order valence-electron chi connectivity index (χ4n) is 1.52. The molecule has 5 heteroatoms. The third-order valence-electron chi connectivity index (χ3n) is 2.48. The maximum absolute atomic E-state index is 11.6. The highest BCUT2D eigenvalue weighted by Gasteiger charge is 2.11. The Morgan fingerprint density at radius 1 is 1.29 bits per heavy atom. The number of benzene rings is 1. The Bertz CT molecular complexity index is 418. The minimum atomic E-state index is -0.514. The molecule has 1 rings (SSSR count). The molecule has 0 bridgehead atoms. The van der Waals surface area contributed by atoms with Gasteiger partial charge in [0.1, 0.15) is 0 Å². The van der Waals surface area contributed by atoms with E-state index in [4.69, 9.17) is 11.5 Å². The van der Waals surface area contributed by atoms with Gasteiger partial charge in [-0.05, 0) is 18.1 Å². The summed E-state index contributed by atoms with van der Waals surface area (Å²) >= 11 is 0. The number of nitrogens with two attached hydrogens (primary N) is 2. The summed E-state index contributed by atoms with van der Waals surface area (Å²) in [5.74, 6) is -0.632. The van der Waals surface area contributed by atoms with Gasteiger partial charge in [0.15, 0.2) is 0 Å².